The Morgan fingerprint density at radius 3 is 2.62 bits per heavy atom. The van der Waals surface area contributed by atoms with Gasteiger partial charge >= 0.3 is 11.9 Å². The fourth-order valence-corrected chi connectivity index (χ4v) is 2.78. The number of aliphatic carboxylic acids is 1. The minimum absolute atomic E-state index is 0.0305. The summed E-state index contributed by atoms with van der Waals surface area (Å²) in [4.78, 5) is 38.3. The zero-order valence-corrected chi connectivity index (χ0v) is 14.7. The molecule has 4 N–H and O–H groups in total. The number of para-hydroxylation sites is 1. The number of amides is 1. The molecule has 0 bridgehead atoms. The Balaban J connectivity index is 2.08. The minimum atomic E-state index is -1.04. The Bertz CT molecular complexity index is 786. The molecule has 0 radical (unpaired) electrons. The van der Waals surface area contributed by atoms with Gasteiger partial charge in [-0.2, -0.15) is 0 Å². The smallest absolute Gasteiger partial charge is 0.328 e. The summed E-state index contributed by atoms with van der Waals surface area (Å²) in [5, 5.41) is 15.3. The van der Waals surface area contributed by atoms with Crippen molar-refractivity contribution in [3.63, 3.8) is 0 Å². The van der Waals surface area contributed by atoms with E-state index in [1.54, 1.807) is 7.05 Å². The first-order valence-electron chi connectivity index (χ1n) is 8.28. The number of aromatic nitrogens is 1. The molecule has 0 aliphatic carbocycles. The van der Waals surface area contributed by atoms with Crippen LogP contribution >= 0.6 is 0 Å². The van der Waals surface area contributed by atoms with Gasteiger partial charge in [0.2, 0.25) is 5.91 Å². The third-order valence-electron chi connectivity index (χ3n) is 4.21. The summed E-state index contributed by atoms with van der Waals surface area (Å²) in [5.74, 6) is -2.10. The molecule has 1 heterocycles. The minimum Gasteiger partial charge on any atom is -0.481 e. The summed E-state index contributed by atoms with van der Waals surface area (Å²) < 4.78 is 4.65. The third kappa shape index (κ3) is 4.82. The topological polar surface area (TPSA) is 121 Å². The number of hydrogen-bond acceptors (Lipinski definition) is 5. The zero-order valence-electron chi connectivity index (χ0n) is 14.7. The number of carboxylic acid groups (broad SMARTS) is 1. The molecule has 2 aromatic rings. The summed E-state index contributed by atoms with van der Waals surface area (Å²) in [6, 6.07) is 6.19. The maximum atomic E-state index is 12.6. The van der Waals surface area contributed by atoms with Crippen LogP contribution in [-0.4, -0.2) is 54.2 Å². The second-order valence-corrected chi connectivity index (χ2v) is 5.92. The van der Waals surface area contributed by atoms with Crippen LogP contribution in [0.2, 0.25) is 0 Å². The van der Waals surface area contributed by atoms with E-state index in [0.717, 1.165) is 16.5 Å². The highest BCUT2D eigenvalue weighted by atomic mass is 16.5. The van der Waals surface area contributed by atoms with E-state index in [1.165, 1.54) is 7.11 Å². The number of likely N-dealkylation sites (N-methyl/N-ethyl adjacent to an activating group) is 1. The van der Waals surface area contributed by atoms with Crippen molar-refractivity contribution in [1.82, 2.24) is 15.6 Å². The fraction of sp³-hybridized carbons (Fsp3) is 0.389. The van der Waals surface area contributed by atoms with Crippen LogP contribution in [0.3, 0.4) is 0 Å². The second-order valence-electron chi connectivity index (χ2n) is 5.92. The van der Waals surface area contributed by atoms with Crippen LogP contribution in [0.25, 0.3) is 10.9 Å². The SMILES string of the molecule is CN[C@@H](Cc1c[nH]c2ccccc12)C(=O)N[C@@H](CCC(=O)O)C(=O)OC. The van der Waals surface area contributed by atoms with E-state index >= 15 is 0 Å². The number of esters is 1. The van der Waals surface area contributed by atoms with Gasteiger partial charge in [-0.15, -0.1) is 0 Å². The van der Waals surface area contributed by atoms with Crippen LogP contribution in [0.5, 0.6) is 0 Å². The first-order chi connectivity index (χ1) is 12.5. The number of H-pyrrole nitrogens is 1. The van der Waals surface area contributed by atoms with Gasteiger partial charge in [0.15, 0.2) is 0 Å². The molecule has 140 valence electrons. The molecule has 0 aliphatic rings. The second kappa shape index (κ2) is 9.00. The Morgan fingerprint density at radius 2 is 1.96 bits per heavy atom. The zero-order chi connectivity index (χ0) is 19.1. The lowest BCUT2D eigenvalue weighted by molar-refractivity contribution is -0.146. The van der Waals surface area contributed by atoms with E-state index < -0.39 is 29.9 Å². The number of rotatable bonds is 9. The molecule has 2 atom stereocenters. The summed E-state index contributed by atoms with van der Waals surface area (Å²) >= 11 is 0. The first-order valence-corrected chi connectivity index (χ1v) is 8.28. The average molecular weight is 361 g/mol. The number of ether oxygens (including phenoxy) is 1. The van der Waals surface area contributed by atoms with Crippen LogP contribution in [0, 0.1) is 0 Å². The van der Waals surface area contributed by atoms with Gasteiger partial charge in [0.1, 0.15) is 6.04 Å². The predicted molar refractivity (Wildman–Crippen MR) is 95.7 cm³/mol. The molecule has 1 amide bonds. The van der Waals surface area contributed by atoms with Crippen LogP contribution in [0.15, 0.2) is 30.5 Å². The predicted octanol–water partition coefficient (Wildman–Crippen LogP) is 0.821. The highest BCUT2D eigenvalue weighted by Gasteiger charge is 2.26. The van der Waals surface area contributed by atoms with Gasteiger partial charge in [-0.25, -0.2) is 4.79 Å². The summed E-state index contributed by atoms with van der Waals surface area (Å²) in [5.41, 5.74) is 1.95. The molecule has 1 aromatic heterocycles. The molecule has 8 heteroatoms. The lowest BCUT2D eigenvalue weighted by Crippen LogP contribution is -2.50. The summed E-state index contributed by atoms with van der Waals surface area (Å²) in [7, 11) is 2.85. The van der Waals surface area contributed by atoms with Crippen molar-refractivity contribution in [2.45, 2.75) is 31.3 Å². The highest BCUT2D eigenvalue weighted by molar-refractivity contribution is 5.89. The monoisotopic (exact) mass is 361 g/mol. The standard InChI is InChI=1S/C18H23N3O5/c1-19-15(9-11-10-20-13-6-4-3-5-12(11)13)17(24)21-14(18(25)26-2)7-8-16(22)23/h3-6,10,14-15,19-20H,7-9H2,1-2H3,(H,21,24)(H,22,23)/t14-,15-/m0/s1. The van der Waals surface area contributed by atoms with E-state index in [9.17, 15) is 14.4 Å². The highest BCUT2D eigenvalue weighted by Crippen LogP contribution is 2.19. The molecule has 8 nitrogen and oxygen atoms in total. The molecule has 0 saturated carbocycles. The van der Waals surface area contributed by atoms with Gasteiger partial charge in [-0.05, 0) is 31.5 Å². The van der Waals surface area contributed by atoms with Crippen molar-refractivity contribution >= 4 is 28.7 Å². The normalized spacial score (nSPS) is 13.2. The molecule has 0 fully saturated rings. The average Bonchev–Trinajstić information content (AvgIpc) is 3.05. The molecule has 1 aromatic carbocycles. The summed E-state index contributed by atoms with van der Waals surface area (Å²) in [6.07, 6.45) is 1.99. The lowest BCUT2D eigenvalue weighted by Gasteiger charge is -2.20. The molecular weight excluding hydrogens is 338 g/mol. The summed E-state index contributed by atoms with van der Waals surface area (Å²) in [6.45, 7) is 0. The third-order valence-corrected chi connectivity index (χ3v) is 4.21. The van der Waals surface area contributed by atoms with Gasteiger partial charge in [0.05, 0.1) is 13.2 Å². The quantitative estimate of drug-likeness (QED) is 0.491. The van der Waals surface area contributed by atoms with Crippen molar-refractivity contribution in [2.75, 3.05) is 14.2 Å². The van der Waals surface area contributed by atoms with Gasteiger partial charge in [-0.1, -0.05) is 18.2 Å². The number of carboxylic acids is 1. The number of carbonyl (C=O) groups excluding carboxylic acids is 2. The van der Waals surface area contributed by atoms with Crippen LogP contribution in [0.4, 0.5) is 0 Å². The number of benzene rings is 1. The maximum Gasteiger partial charge on any atom is 0.328 e. The van der Waals surface area contributed by atoms with Crippen molar-refractivity contribution in [3.8, 4) is 0 Å². The van der Waals surface area contributed by atoms with Crippen molar-refractivity contribution < 1.29 is 24.2 Å². The molecule has 0 aliphatic heterocycles. The molecule has 2 rings (SSSR count). The first kappa shape index (κ1) is 19.5. The number of fused-ring (bicyclic) bond motifs is 1. The van der Waals surface area contributed by atoms with Crippen LogP contribution in [-0.2, 0) is 25.5 Å². The maximum absolute atomic E-state index is 12.6. The Hall–Kier alpha value is -2.87. The number of methoxy groups -OCH3 is 1. The Morgan fingerprint density at radius 1 is 1.23 bits per heavy atom. The Kier molecular flexibility index (Phi) is 6.74. The lowest BCUT2D eigenvalue weighted by atomic mass is 10.0. The molecular formula is C18H23N3O5. The number of nitrogens with one attached hydrogen (secondary N) is 3. The Labute approximate surface area is 150 Å². The van der Waals surface area contributed by atoms with E-state index in [0.29, 0.717) is 6.42 Å². The van der Waals surface area contributed by atoms with E-state index in [2.05, 4.69) is 20.4 Å². The van der Waals surface area contributed by atoms with Gasteiger partial charge in [0, 0.05) is 23.5 Å². The number of aromatic amines is 1. The molecule has 0 unspecified atom stereocenters. The molecule has 26 heavy (non-hydrogen) atoms. The fourth-order valence-electron chi connectivity index (χ4n) is 2.78. The van der Waals surface area contributed by atoms with Crippen molar-refractivity contribution in [1.29, 1.82) is 0 Å². The largest absolute Gasteiger partial charge is 0.481 e. The molecule has 0 saturated heterocycles. The number of hydrogen-bond donors (Lipinski definition) is 4. The van der Waals surface area contributed by atoms with E-state index in [-0.39, 0.29) is 12.8 Å². The number of carbonyl (C=O) groups is 3. The van der Waals surface area contributed by atoms with Gasteiger partial charge < -0.3 is 25.5 Å². The van der Waals surface area contributed by atoms with Crippen LogP contribution < -0.4 is 10.6 Å². The van der Waals surface area contributed by atoms with Crippen LogP contribution in [0.1, 0.15) is 18.4 Å². The van der Waals surface area contributed by atoms with E-state index in [4.69, 9.17) is 5.11 Å². The van der Waals surface area contributed by atoms with Gasteiger partial charge in [0.25, 0.3) is 0 Å². The van der Waals surface area contributed by atoms with E-state index in [1.807, 2.05) is 30.5 Å². The van der Waals surface area contributed by atoms with Crippen molar-refractivity contribution in [3.05, 3.63) is 36.0 Å². The molecule has 0 spiro atoms. The van der Waals surface area contributed by atoms with Gasteiger partial charge in [-0.3, -0.25) is 9.59 Å². The van der Waals surface area contributed by atoms with Crippen molar-refractivity contribution in [2.24, 2.45) is 0 Å².